The zero-order valence-electron chi connectivity index (χ0n) is 14.0. The van der Waals surface area contributed by atoms with Gasteiger partial charge >= 0.3 is 0 Å². The minimum Gasteiger partial charge on any atom is -0.0654 e. The van der Waals surface area contributed by atoms with E-state index >= 15 is 0 Å². The summed E-state index contributed by atoms with van der Waals surface area (Å²) in [6.45, 7) is 14.4. The molecule has 18 heavy (non-hydrogen) atoms. The first kappa shape index (κ1) is 18.0. The molecule has 0 N–H and O–H groups in total. The second-order valence-corrected chi connectivity index (χ2v) is 6.25. The van der Waals surface area contributed by atoms with Gasteiger partial charge in [-0.25, -0.2) is 0 Å². The maximum Gasteiger partial charge on any atom is -0.0246 e. The summed E-state index contributed by atoms with van der Waals surface area (Å²) in [6.07, 6.45) is 12.6. The van der Waals surface area contributed by atoms with Crippen molar-refractivity contribution in [2.75, 3.05) is 0 Å². The van der Waals surface area contributed by atoms with Gasteiger partial charge in [0.25, 0.3) is 0 Å². The molecule has 3 atom stereocenters. The molecule has 0 heteroatoms. The van der Waals surface area contributed by atoms with Crippen LogP contribution >= 0.6 is 0 Å². The maximum absolute atomic E-state index is 2.51. The van der Waals surface area contributed by atoms with Gasteiger partial charge in [-0.15, -0.1) is 0 Å². The molecule has 0 aromatic carbocycles. The maximum atomic E-state index is 2.51. The SMILES string of the molecule is CCCCC(CC)C(CC)(CCCC)C(C)CC. The van der Waals surface area contributed by atoms with Gasteiger partial charge in [-0.1, -0.05) is 80.1 Å². The molecule has 0 heterocycles. The summed E-state index contributed by atoms with van der Waals surface area (Å²) in [5.41, 5.74) is 0.620. The second kappa shape index (κ2) is 9.87. The first-order valence-electron chi connectivity index (χ1n) is 8.62. The molecular weight excluding hydrogens is 216 g/mol. The number of unbranched alkanes of at least 4 members (excludes halogenated alkanes) is 2. The van der Waals surface area contributed by atoms with Crippen LogP contribution in [0.3, 0.4) is 0 Å². The molecule has 0 fully saturated rings. The Morgan fingerprint density at radius 3 is 1.83 bits per heavy atom. The van der Waals surface area contributed by atoms with Crippen LogP contribution in [0.2, 0.25) is 0 Å². The van der Waals surface area contributed by atoms with E-state index in [4.69, 9.17) is 0 Å². The van der Waals surface area contributed by atoms with E-state index in [2.05, 4.69) is 41.5 Å². The third kappa shape index (κ3) is 4.59. The van der Waals surface area contributed by atoms with Gasteiger partial charge in [0, 0.05) is 0 Å². The summed E-state index contributed by atoms with van der Waals surface area (Å²) in [7, 11) is 0. The molecule has 0 bridgehead atoms. The molecule has 0 aromatic heterocycles. The van der Waals surface area contributed by atoms with Gasteiger partial charge in [0.15, 0.2) is 0 Å². The van der Waals surface area contributed by atoms with Crippen molar-refractivity contribution in [1.29, 1.82) is 0 Å². The van der Waals surface area contributed by atoms with Crippen molar-refractivity contribution in [1.82, 2.24) is 0 Å². The van der Waals surface area contributed by atoms with Gasteiger partial charge in [-0.3, -0.25) is 0 Å². The Labute approximate surface area is 117 Å². The molecule has 3 unspecified atom stereocenters. The fourth-order valence-electron chi connectivity index (χ4n) is 3.93. The first-order valence-corrected chi connectivity index (χ1v) is 8.62. The van der Waals surface area contributed by atoms with Crippen LogP contribution in [-0.2, 0) is 0 Å². The molecule has 0 radical (unpaired) electrons. The summed E-state index contributed by atoms with van der Waals surface area (Å²) >= 11 is 0. The topological polar surface area (TPSA) is 0 Å². The van der Waals surface area contributed by atoms with E-state index in [1.54, 1.807) is 0 Å². The molecule has 0 nitrogen and oxygen atoms in total. The molecule has 0 saturated heterocycles. The highest BCUT2D eigenvalue weighted by atomic mass is 14.4. The van der Waals surface area contributed by atoms with E-state index in [0.29, 0.717) is 5.41 Å². The summed E-state index contributed by atoms with van der Waals surface area (Å²) < 4.78 is 0. The van der Waals surface area contributed by atoms with Crippen LogP contribution in [-0.4, -0.2) is 0 Å². The zero-order valence-corrected chi connectivity index (χ0v) is 14.0. The monoisotopic (exact) mass is 254 g/mol. The van der Waals surface area contributed by atoms with E-state index in [-0.39, 0.29) is 0 Å². The Balaban J connectivity index is 4.96. The lowest BCUT2D eigenvalue weighted by Crippen LogP contribution is -2.36. The molecule has 0 amide bonds. The Bertz CT molecular complexity index is 184. The standard InChI is InChI=1S/C18H38/c1-7-12-14-17(10-4)18(11-5,15-13-8-2)16(6)9-3/h16-17H,7-15H2,1-6H3. The van der Waals surface area contributed by atoms with Gasteiger partial charge in [0.2, 0.25) is 0 Å². The van der Waals surface area contributed by atoms with Crippen LogP contribution in [0, 0.1) is 17.3 Å². The molecule has 0 aliphatic carbocycles. The van der Waals surface area contributed by atoms with E-state index in [1.165, 1.54) is 57.8 Å². The van der Waals surface area contributed by atoms with Crippen LogP contribution in [0.25, 0.3) is 0 Å². The van der Waals surface area contributed by atoms with Gasteiger partial charge in [-0.05, 0) is 36.5 Å². The summed E-state index contributed by atoms with van der Waals surface area (Å²) in [4.78, 5) is 0. The van der Waals surface area contributed by atoms with Crippen molar-refractivity contribution < 1.29 is 0 Å². The largest absolute Gasteiger partial charge is 0.0654 e. The first-order chi connectivity index (χ1) is 8.62. The summed E-state index contributed by atoms with van der Waals surface area (Å²) in [5.74, 6) is 1.83. The predicted molar refractivity (Wildman–Crippen MR) is 85.0 cm³/mol. The fourth-order valence-corrected chi connectivity index (χ4v) is 3.93. The van der Waals surface area contributed by atoms with Gasteiger partial charge < -0.3 is 0 Å². The molecule has 0 saturated carbocycles. The van der Waals surface area contributed by atoms with E-state index in [9.17, 15) is 0 Å². The lowest BCUT2D eigenvalue weighted by molar-refractivity contribution is 0.0457. The van der Waals surface area contributed by atoms with E-state index < -0.39 is 0 Å². The normalized spacial score (nSPS) is 18.3. The highest BCUT2D eigenvalue weighted by Gasteiger charge is 2.38. The van der Waals surface area contributed by atoms with Crippen molar-refractivity contribution in [2.45, 2.75) is 99.3 Å². The molecular formula is C18H38. The second-order valence-electron chi connectivity index (χ2n) is 6.25. The van der Waals surface area contributed by atoms with Crippen LogP contribution in [0.4, 0.5) is 0 Å². The average Bonchev–Trinajstić information content (AvgIpc) is 2.42. The van der Waals surface area contributed by atoms with Crippen LogP contribution in [0.1, 0.15) is 99.3 Å². The molecule has 0 rings (SSSR count). The zero-order chi connectivity index (χ0) is 14.0. The number of rotatable bonds is 11. The minimum absolute atomic E-state index is 0.620. The molecule has 0 aliphatic heterocycles. The van der Waals surface area contributed by atoms with Crippen LogP contribution in [0.5, 0.6) is 0 Å². The summed E-state index contributed by atoms with van der Waals surface area (Å²) in [5, 5.41) is 0. The third-order valence-corrected chi connectivity index (χ3v) is 5.46. The average molecular weight is 255 g/mol. The van der Waals surface area contributed by atoms with Crippen molar-refractivity contribution in [3.63, 3.8) is 0 Å². The van der Waals surface area contributed by atoms with Crippen molar-refractivity contribution in [3.05, 3.63) is 0 Å². The van der Waals surface area contributed by atoms with Gasteiger partial charge in [0.1, 0.15) is 0 Å². The molecule has 0 aliphatic rings. The quantitative estimate of drug-likeness (QED) is 0.379. The molecule has 0 spiro atoms. The Morgan fingerprint density at radius 2 is 1.44 bits per heavy atom. The Morgan fingerprint density at radius 1 is 0.833 bits per heavy atom. The van der Waals surface area contributed by atoms with Crippen LogP contribution in [0.15, 0.2) is 0 Å². The Hall–Kier alpha value is 0. The summed E-state index contributed by atoms with van der Waals surface area (Å²) in [6, 6.07) is 0. The number of hydrogen-bond acceptors (Lipinski definition) is 0. The van der Waals surface area contributed by atoms with E-state index in [1.807, 2.05) is 0 Å². The smallest absolute Gasteiger partial charge is 0.0246 e. The highest BCUT2D eigenvalue weighted by Crippen LogP contribution is 2.48. The lowest BCUT2D eigenvalue weighted by Gasteiger charge is -2.45. The minimum atomic E-state index is 0.620. The highest BCUT2D eigenvalue weighted by molar-refractivity contribution is 4.88. The van der Waals surface area contributed by atoms with Crippen molar-refractivity contribution in [2.24, 2.45) is 17.3 Å². The fraction of sp³-hybridized carbons (Fsp3) is 1.00. The van der Waals surface area contributed by atoms with Crippen molar-refractivity contribution in [3.8, 4) is 0 Å². The predicted octanol–water partition coefficient (Wildman–Crippen LogP) is 6.84. The van der Waals surface area contributed by atoms with Crippen LogP contribution < -0.4 is 0 Å². The third-order valence-electron chi connectivity index (χ3n) is 5.46. The molecule has 0 aromatic rings. The van der Waals surface area contributed by atoms with Crippen molar-refractivity contribution >= 4 is 0 Å². The Kier molecular flexibility index (Phi) is 9.87. The van der Waals surface area contributed by atoms with Gasteiger partial charge in [-0.2, -0.15) is 0 Å². The molecule has 110 valence electrons. The van der Waals surface area contributed by atoms with E-state index in [0.717, 1.165) is 11.8 Å². The van der Waals surface area contributed by atoms with Gasteiger partial charge in [0.05, 0.1) is 0 Å². The lowest BCUT2D eigenvalue weighted by atomic mass is 9.60. The number of hydrogen-bond donors (Lipinski definition) is 0.